The molecule has 2 rings (SSSR count). The van der Waals surface area contributed by atoms with Crippen LogP contribution in [0.5, 0.6) is 0 Å². The molecule has 0 fully saturated rings. The number of nitrogens with two attached hydrogens (primary N) is 1. The molecular weight excluding hydrogens is 347 g/mol. The van der Waals surface area contributed by atoms with E-state index in [0.29, 0.717) is 0 Å². The van der Waals surface area contributed by atoms with Gasteiger partial charge in [-0.25, -0.2) is 5.43 Å². The monoisotopic (exact) mass is 366 g/mol. The van der Waals surface area contributed by atoms with Gasteiger partial charge in [-0.2, -0.15) is 0 Å². The Bertz CT molecular complexity index is 573. The van der Waals surface area contributed by atoms with Crippen molar-refractivity contribution >= 4 is 22.6 Å². The van der Waals surface area contributed by atoms with E-state index >= 15 is 0 Å². The first-order chi connectivity index (χ1) is 9.02. The molecule has 0 saturated heterocycles. The summed E-state index contributed by atoms with van der Waals surface area (Å²) < 4.78 is 1.27. The minimum absolute atomic E-state index is 0.0328. The molecule has 1 unspecified atom stereocenters. The molecule has 3 heteroatoms. The van der Waals surface area contributed by atoms with Crippen molar-refractivity contribution in [2.75, 3.05) is 0 Å². The summed E-state index contributed by atoms with van der Waals surface area (Å²) in [6, 6.07) is 12.9. The topological polar surface area (TPSA) is 38.0 Å². The highest BCUT2D eigenvalue weighted by Crippen LogP contribution is 2.28. The highest BCUT2D eigenvalue weighted by Gasteiger charge is 2.16. The Kier molecular flexibility index (Phi) is 4.60. The Balaban J connectivity index is 2.53. The van der Waals surface area contributed by atoms with E-state index in [1.165, 1.54) is 31.4 Å². The van der Waals surface area contributed by atoms with Crippen molar-refractivity contribution in [2.45, 2.75) is 26.8 Å². The lowest BCUT2D eigenvalue weighted by Gasteiger charge is -2.20. The van der Waals surface area contributed by atoms with Gasteiger partial charge in [0.05, 0.1) is 6.04 Å². The average molecular weight is 366 g/mol. The van der Waals surface area contributed by atoms with Gasteiger partial charge in [0.2, 0.25) is 0 Å². The maximum atomic E-state index is 5.80. The lowest BCUT2D eigenvalue weighted by atomic mass is 9.95. The first kappa shape index (κ1) is 14.5. The molecule has 0 saturated carbocycles. The summed E-state index contributed by atoms with van der Waals surface area (Å²) in [5.74, 6) is 5.80. The highest BCUT2D eigenvalue weighted by atomic mass is 127. The molecule has 1 atom stereocenters. The van der Waals surface area contributed by atoms with Gasteiger partial charge >= 0.3 is 0 Å². The molecule has 19 heavy (non-hydrogen) atoms. The van der Waals surface area contributed by atoms with Crippen molar-refractivity contribution in [3.63, 3.8) is 0 Å². The van der Waals surface area contributed by atoms with Gasteiger partial charge in [-0.15, -0.1) is 0 Å². The van der Waals surface area contributed by atoms with E-state index in [0.717, 1.165) is 0 Å². The van der Waals surface area contributed by atoms with Crippen molar-refractivity contribution in [3.8, 4) is 0 Å². The van der Waals surface area contributed by atoms with Crippen LogP contribution in [-0.4, -0.2) is 0 Å². The Morgan fingerprint density at radius 1 is 1.05 bits per heavy atom. The average Bonchev–Trinajstić information content (AvgIpc) is 2.34. The lowest BCUT2D eigenvalue weighted by molar-refractivity contribution is 0.633. The minimum Gasteiger partial charge on any atom is -0.271 e. The fourth-order valence-electron chi connectivity index (χ4n) is 2.44. The molecule has 2 nitrogen and oxygen atoms in total. The second-order valence-corrected chi connectivity index (χ2v) is 6.08. The van der Waals surface area contributed by atoms with Gasteiger partial charge in [-0.1, -0.05) is 47.5 Å². The normalized spacial score (nSPS) is 12.5. The SMILES string of the molecule is Cc1cc(C)cc(C(NN)c2cccc(C)c2I)c1. The lowest BCUT2D eigenvalue weighted by Crippen LogP contribution is -2.29. The fraction of sp³-hybridized carbons (Fsp3) is 0.250. The number of benzene rings is 2. The Morgan fingerprint density at radius 3 is 2.26 bits per heavy atom. The Hall–Kier alpha value is -0.910. The van der Waals surface area contributed by atoms with E-state index in [-0.39, 0.29) is 6.04 Å². The third kappa shape index (κ3) is 3.16. The van der Waals surface area contributed by atoms with Crippen LogP contribution in [-0.2, 0) is 0 Å². The van der Waals surface area contributed by atoms with E-state index in [4.69, 9.17) is 5.84 Å². The summed E-state index contributed by atoms with van der Waals surface area (Å²) in [4.78, 5) is 0. The van der Waals surface area contributed by atoms with Crippen LogP contribution in [0, 0.1) is 24.3 Å². The van der Waals surface area contributed by atoms with Crippen LogP contribution in [0.1, 0.15) is 33.9 Å². The van der Waals surface area contributed by atoms with Gasteiger partial charge in [0, 0.05) is 3.57 Å². The van der Waals surface area contributed by atoms with E-state index in [2.05, 4.69) is 85.2 Å². The number of hydrogen-bond donors (Lipinski definition) is 2. The highest BCUT2D eigenvalue weighted by molar-refractivity contribution is 14.1. The van der Waals surface area contributed by atoms with E-state index in [1.54, 1.807) is 0 Å². The van der Waals surface area contributed by atoms with Crippen LogP contribution in [0.2, 0.25) is 0 Å². The zero-order chi connectivity index (χ0) is 14.0. The number of hydrazine groups is 1. The Labute approximate surface area is 128 Å². The molecule has 0 aliphatic carbocycles. The summed E-state index contributed by atoms with van der Waals surface area (Å²) in [7, 11) is 0. The molecule has 0 heterocycles. The van der Waals surface area contributed by atoms with Crippen LogP contribution in [0.3, 0.4) is 0 Å². The molecule has 0 aliphatic rings. The van der Waals surface area contributed by atoms with Crippen molar-refractivity contribution in [3.05, 3.63) is 67.8 Å². The van der Waals surface area contributed by atoms with E-state index in [1.807, 2.05) is 0 Å². The van der Waals surface area contributed by atoms with Gasteiger partial charge in [-0.3, -0.25) is 5.84 Å². The summed E-state index contributed by atoms with van der Waals surface area (Å²) in [5, 5.41) is 0. The van der Waals surface area contributed by atoms with E-state index in [9.17, 15) is 0 Å². The third-order valence-electron chi connectivity index (χ3n) is 3.28. The zero-order valence-electron chi connectivity index (χ0n) is 11.5. The molecule has 0 radical (unpaired) electrons. The first-order valence-electron chi connectivity index (χ1n) is 6.32. The second-order valence-electron chi connectivity index (χ2n) is 5.00. The Morgan fingerprint density at radius 2 is 1.68 bits per heavy atom. The smallest absolute Gasteiger partial charge is 0.0720 e. The standard InChI is InChI=1S/C16H19IN2/c1-10-7-11(2)9-13(8-10)16(19-18)14-6-4-5-12(3)15(14)17/h4-9,16,19H,18H2,1-3H3. The molecular formula is C16H19IN2. The molecule has 0 aromatic heterocycles. The number of rotatable bonds is 3. The predicted molar refractivity (Wildman–Crippen MR) is 89.0 cm³/mol. The molecule has 3 N–H and O–H groups in total. The molecule has 0 bridgehead atoms. The van der Waals surface area contributed by atoms with Crippen molar-refractivity contribution < 1.29 is 0 Å². The summed E-state index contributed by atoms with van der Waals surface area (Å²) in [5.41, 5.74) is 9.20. The minimum atomic E-state index is 0.0328. The summed E-state index contributed by atoms with van der Waals surface area (Å²) >= 11 is 2.39. The number of halogens is 1. The molecule has 100 valence electrons. The quantitative estimate of drug-likeness (QED) is 0.493. The summed E-state index contributed by atoms with van der Waals surface area (Å²) in [6.45, 7) is 6.36. The maximum absolute atomic E-state index is 5.80. The van der Waals surface area contributed by atoms with Gasteiger partial charge in [0.15, 0.2) is 0 Å². The first-order valence-corrected chi connectivity index (χ1v) is 7.40. The van der Waals surface area contributed by atoms with Crippen molar-refractivity contribution in [1.29, 1.82) is 0 Å². The summed E-state index contributed by atoms with van der Waals surface area (Å²) in [6.07, 6.45) is 0. The number of hydrogen-bond acceptors (Lipinski definition) is 2. The molecule has 0 aliphatic heterocycles. The largest absolute Gasteiger partial charge is 0.271 e. The third-order valence-corrected chi connectivity index (χ3v) is 4.75. The number of aryl methyl sites for hydroxylation is 3. The molecule has 0 spiro atoms. The molecule has 0 amide bonds. The molecule has 2 aromatic rings. The fourth-order valence-corrected chi connectivity index (χ4v) is 3.11. The van der Waals surface area contributed by atoms with Crippen LogP contribution in [0.4, 0.5) is 0 Å². The number of nitrogens with one attached hydrogen (secondary N) is 1. The van der Waals surface area contributed by atoms with Crippen molar-refractivity contribution in [2.24, 2.45) is 5.84 Å². The van der Waals surface area contributed by atoms with Crippen LogP contribution in [0.25, 0.3) is 0 Å². The van der Waals surface area contributed by atoms with Gasteiger partial charge in [0.25, 0.3) is 0 Å². The van der Waals surface area contributed by atoms with Gasteiger partial charge in [-0.05, 0) is 60.1 Å². The van der Waals surface area contributed by atoms with Crippen LogP contribution in [0.15, 0.2) is 36.4 Å². The maximum Gasteiger partial charge on any atom is 0.0720 e. The molecule has 2 aromatic carbocycles. The van der Waals surface area contributed by atoms with Gasteiger partial charge < -0.3 is 0 Å². The predicted octanol–water partition coefficient (Wildman–Crippen LogP) is 3.77. The van der Waals surface area contributed by atoms with Crippen LogP contribution >= 0.6 is 22.6 Å². The second kappa shape index (κ2) is 6.03. The van der Waals surface area contributed by atoms with Gasteiger partial charge in [0.1, 0.15) is 0 Å². The van der Waals surface area contributed by atoms with Crippen molar-refractivity contribution in [1.82, 2.24) is 5.43 Å². The van der Waals surface area contributed by atoms with Crippen LogP contribution < -0.4 is 11.3 Å². The van der Waals surface area contributed by atoms with E-state index < -0.39 is 0 Å². The zero-order valence-corrected chi connectivity index (χ0v) is 13.7.